The Bertz CT molecular complexity index is 658. The van der Waals surface area contributed by atoms with Crippen LogP contribution in [0.15, 0.2) is 30.5 Å². The van der Waals surface area contributed by atoms with E-state index in [1.165, 1.54) is 16.8 Å². The molecule has 0 aliphatic rings. The van der Waals surface area contributed by atoms with Crippen molar-refractivity contribution in [3.05, 3.63) is 41.8 Å². The second-order valence-corrected chi connectivity index (χ2v) is 3.79. The van der Waals surface area contributed by atoms with Crippen LogP contribution in [0.3, 0.4) is 0 Å². The molecule has 0 saturated heterocycles. The SMILES string of the molecule is N#Cc1cc(F)ccc1NC(=O)Cn1ccc(N)n1. The molecule has 0 spiro atoms. The van der Waals surface area contributed by atoms with Crippen LogP contribution in [0, 0.1) is 17.1 Å². The molecule has 0 fully saturated rings. The van der Waals surface area contributed by atoms with Gasteiger partial charge >= 0.3 is 0 Å². The van der Waals surface area contributed by atoms with Gasteiger partial charge in [0, 0.05) is 6.20 Å². The summed E-state index contributed by atoms with van der Waals surface area (Å²) in [5.41, 5.74) is 5.74. The Kier molecular flexibility index (Phi) is 3.43. The molecule has 1 aromatic carbocycles. The molecule has 1 heterocycles. The lowest BCUT2D eigenvalue weighted by atomic mass is 10.2. The van der Waals surface area contributed by atoms with Gasteiger partial charge in [0.25, 0.3) is 0 Å². The maximum Gasteiger partial charge on any atom is 0.246 e. The summed E-state index contributed by atoms with van der Waals surface area (Å²) in [4.78, 5) is 11.7. The number of nitriles is 1. The Labute approximate surface area is 108 Å². The van der Waals surface area contributed by atoms with Gasteiger partial charge in [0.15, 0.2) is 0 Å². The Hall–Kier alpha value is -2.88. The molecule has 3 N–H and O–H groups in total. The third kappa shape index (κ3) is 3.07. The Morgan fingerprint density at radius 1 is 1.53 bits per heavy atom. The van der Waals surface area contributed by atoms with Gasteiger partial charge in [-0.25, -0.2) is 4.39 Å². The highest BCUT2D eigenvalue weighted by Gasteiger charge is 2.09. The van der Waals surface area contributed by atoms with Gasteiger partial charge < -0.3 is 11.1 Å². The van der Waals surface area contributed by atoms with Crippen molar-refractivity contribution < 1.29 is 9.18 Å². The van der Waals surface area contributed by atoms with E-state index in [2.05, 4.69) is 10.4 Å². The van der Waals surface area contributed by atoms with Gasteiger partial charge in [-0.3, -0.25) is 9.48 Å². The topological polar surface area (TPSA) is 96.7 Å². The van der Waals surface area contributed by atoms with Crippen LogP contribution >= 0.6 is 0 Å². The standard InChI is InChI=1S/C12H10FN5O/c13-9-1-2-10(8(5-9)6-14)16-12(19)7-18-4-3-11(15)17-18/h1-5H,7H2,(H2,15,17)(H,16,19). The Morgan fingerprint density at radius 2 is 2.32 bits per heavy atom. The van der Waals surface area contributed by atoms with Crippen molar-refractivity contribution in [2.75, 3.05) is 11.1 Å². The fourth-order valence-electron chi connectivity index (χ4n) is 1.52. The summed E-state index contributed by atoms with van der Waals surface area (Å²) in [5, 5.41) is 15.2. The molecule has 0 unspecified atom stereocenters. The highest BCUT2D eigenvalue weighted by atomic mass is 19.1. The molecule has 2 aromatic rings. The van der Waals surface area contributed by atoms with Crippen molar-refractivity contribution >= 4 is 17.4 Å². The zero-order valence-corrected chi connectivity index (χ0v) is 9.80. The molecule has 0 radical (unpaired) electrons. The molecule has 96 valence electrons. The molecule has 0 atom stereocenters. The monoisotopic (exact) mass is 259 g/mol. The van der Waals surface area contributed by atoms with Gasteiger partial charge in [-0.2, -0.15) is 10.4 Å². The zero-order chi connectivity index (χ0) is 13.8. The van der Waals surface area contributed by atoms with Gasteiger partial charge in [-0.15, -0.1) is 0 Å². The maximum absolute atomic E-state index is 12.9. The van der Waals surface area contributed by atoms with E-state index in [1.54, 1.807) is 12.3 Å². The third-order valence-electron chi connectivity index (χ3n) is 2.34. The summed E-state index contributed by atoms with van der Waals surface area (Å²) < 4.78 is 14.3. The number of nitrogens with two attached hydrogens (primary N) is 1. The van der Waals surface area contributed by atoms with E-state index >= 15 is 0 Å². The smallest absolute Gasteiger partial charge is 0.246 e. The largest absolute Gasteiger partial charge is 0.382 e. The van der Waals surface area contributed by atoms with E-state index in [-0.39, 0.29) is 23.7 Å². The Balaban J connectivity index is 2.09. The predicted octanol–water partition coefficient (Wildman–Crippen LogP) is 1.11. The number of anilines is 2. The van der Waals surface area contributed by atoms with Crippen LogP contribution in [0.25, 0.3) is 0 Å². The molecule has 0 saturated carbocycles. The van der Waals surface area contributed by atoms with Crippen LogP contribution < -0.4 is 11.1 Å². The van der Waals surface area contributed by atoms with Gasteiger partial charge in [0.05, 0.1) is 11.3 Å². The van der Waals surface area contributed by atoms with Crippen molar-refractivity contribution in [1.29, 1.82) is 5.26 Å². The average molecular weight is 259 g/mol. The number of benzene rings is 1. The number of nitrogens with zero attached hydrogens (tertiary/aromatic N) is 3. The first-order chi connectivity index (χ1) is 9.08. The predicted molar refractivity (Wildman–Crippen MR) is 66.4 cm³/mol. The number of carbonyl (C=O) groups is 1. The molecule has 7 heteroatoms. The van der Waals surface area contributed by atoms with Crippen molar-refractivity contribution in [1.82, 2.24) is 9.78 Å². The summed E-state index contributed by atoms with van der Waals surface area (Å²) in [6.45, 7) is -0.0422. The maximum atomic E-state index is 12.9. The molecule has 0 bridgehead atoms. The molecule has 0 aliphatic heterocycles. The normalized spacial score (nSPS) is 9.89. The number of carbonyl (C=O) groups excluding carboxylic acids is 1. The van der Waals surface area contributed by atoms with Crippen LogP contribution in [0.2, 0.25) is 0 Å². The zero-order valence-electron chi connectivity index (χ0n) is 9.80. The minimum atomic E-state index is -0.533. The van der Waals surface area contributed by atoms with Gasteiger partial charge in [-0.05, 0) is 24.3 Å². The molecule has 0 aliphatic carbocycles. The molecule has 6 nitrogen and oxygen atoms in total. The van der Waals surface area contributed by atoms with Crippen molar-refractivity contribution in [3.63, 3.8) is 0 Å². The number of hydrogen-bond donors (Lipinski definition) is 2. The van der Waals surface area contributed by atoms with Crippen LogP contribution in [-0.4, -0.2) is 15.7 Å². The number of halogens is 1. The summed E-state index contributed by atoms with van der Waals surface area (Å²) in [7, 11) is 0. The van der Waals surface area contributed by atoms with Crippen LogP contribution in [0.1, 0.15) is 5.56 Å². The number of nitrogens with one attached hydrogen (secondary N) is 1. The summed E-state index contributed by atoms with van der Waals surface area (Å²) in [5.74, 6) is -0.604. The van der Waals surface area contributed by atoms with E-state index in [9.17, 15) is 9.18 Å². The molecule has 1 amide bonds. The van der Waals surface area contributed by atoms with E-state index in [1.807, 2.05) is 6.07 Å². The molecule has 19 heavy (non-hydrogen) atoms. The molecule has 2 rings (SSSR count). The average Bonchev–Trinajstić information content (AvgIpc) is 2.76. The molecular formula is C12H10FN5O. The second kappa shape index (κ2) is 5.18. The molecule has 1 aromatic heterocycles. The lowest BCUT2D eigenvalue weighted by molar-refractivity contribution is -0.116. The number of nitrogen functional groups attached to an aromatic ring is 1. The fraction of sp³-hybridized carbons (Fsp3) is 0.0833. The highest BCUT2D eigenvalue weighted by molar-refractivity contribution is 5.91. The highest BCUT2D eigenvalue weighted by Crippen LogP contribution is 2.15. The first kappa shape index (κ1) is 12.6. The lowest BCUT2D eigenvalue weighted by Crippen LogP contribution is -2.19. The first-order valence-electron chi connectivity index (χ1n) is 5.37. The minimum Gasteiger partial charge on any atom is -0.382 e. The molecular weight excluding hydrogens is 249 g/mol. The van der Waals surface area contributed by atoms with Crippen molar-refractivity contribution in [2.24, 2.45) is 0 Å². The Morgan fingerprint density at radius 3 is 2.95 bits per heavy atom. The van der Waals surface area contributed by atoms with Crippen molar-refractivity contribution in [3.8, 4) is 6.07 Å². The third-order valence-corrected chi connectivity index (χ3v) is 2.34. The van der Waals surface area contributed by atoms with Crippen molar-refractivity contribution in [2.45, 2.75) is 6.54 Å². The van der Waals surface area contributed by atoms with Gasteiger partial charge in [0.1, 0.15) is 24.2 Å². The van der Waals surface area contributed by atoms with Crippen LogP contribution in [0.4, 0.5) is 15.9 Å². The lowest BCUT2D eigenvalue weighted by Gasteiger charge is -2.07. The number of rotatable bonds is 3. The number of hydrogen-bond acceptors (Lipinski definition) is 4. The van der Waals surface area contributed by atoms with E-state index in [0.717, 1.165) is 6.07 Å². The number of amides is 1. The summed E-state index contributed by atoms with van der Waals surface area (Å²) >= 11 is 0. The fourth-order valence-corrected chi connectivity index (χ4v) is 1.52. The first-order valence-corrected chi connectivity index (χ1v) is 5.37. The van der Waals surface area contributed by atoms with Crippen LogP contribution in [-0.2, 0) is 11.3 Å². The second-order valence-electron chi connectivity index (χ2n) is 3.79. The minimum absolute atomic E-state index is 0.0422. The summed E-state index contributed by atoms with van der Waals surface area (Å²) in [6.07, 6.45) is 1.56. The van der Waals surface area contributed by atoms with Gasteiger partial charge in [-0.1, -0.05) is 0 Å². The van der Waals surface area contributed by atoms with Crippen LogP contribution in [0.5, 0.6) is 0 Å². The van der Waals surface area contributed by atoms with Gasteiger partial charge in [0.2, 0.25) is 5.91 Å². The quantitative estimate of drug-likeness (QED) is 0.862. The summed E-state index contributed by atoms with van der Waals surface area (Å²) in [6, 6.07) is 6.94. The number of aromatic nitrogens is 2. The van der Waals surface area contributed by atoms with E-state index in [4.69, 9.17) is 11.0 Å². The van der Waals surface area contributed by atoms with E-state index in [0.29, 0.717) is 5.82 Å². The van der Waals surface area contributed by atoms with E-state index < -0.39 is 5.82 Å².